The lowest BCUT2D eigenvalue weighted by Crippen LogP contribution is -2.57. The van der Waals surface area contributed by atoms with Crippen LogP contribution < -0.4 is 11.1 Å². The third kappa shape index (κ3) is 3.96. The Labute approximate surface area is 105 Å². The molecule has 1 aliphatic heterocycles. The van der Waals surface area contributed by atoms with Gasteiger partial charge in [-0.3, -0.25) is 5.41 Å². The Morgan fingerprint density at radius 3 is 2.35 bits per heavy atom. The summed E-state index contributed by atoms with van der Waals surface area (Å²) in [5.41, 5.74) is 5.92. The molecule has 1 unspecified atom stereocenters. The number of nitrogens with two attached hydrogens (primary N) is 1. The van der Waals surface area contributed by atoms with Gasteiger partial charge in [0, 0.05) is 24.7 Å². The van der Waals surface area contributed by atoms with Gasteiger partial charge in [0.25, 0.3) is 0 Å². The predicted molar refractivity (Wildman–Crippen MR) is 73.5 cm³/mol. The molecule has 4 heteroatoms. The Kier molecular flexibility index (Phi) is 4.95. The average Bonchev–Trinajstić information content (AvgIpc) is 2.27. The molecule has 0 aromatic rings. The summed E-state index contributed by atoms with van der Waals surface area (Å²) >= 11 is 0. The molecular weight excluding hydrogens is 212 g/mol. The van der Waals surface area contributed by atoms with Crippen LogP contribution in [0.15, 0.2) is 0 Å². The van der Waals surface area contributed by atoms with Crippen LogP contribution in [0, 0.1) is 5.41 Å². The standard InChI is InChI=1S/C13H28N4/c1-5-11(14)12(15)16-13(4)6-8-17(9-7-13)10(2)3/h10-11H,5-9,14H2,1-4H3,(H2,15,16). The molecule has 17 heavy (non-hydrogen) atoms. The molecule has 0 radical (unpaired) electrons. The number of rotatable bonds is 4. The maximum atomic E-state index is 7.94. The van der Waals surface area contributed by atoms with E-state index in [9.17, 15) is 0 Å². The van der Waals surface area contributed by atoms with E-state index in [1.54, 1.807) is 0 Å². The topological polar surface area (TPSA) is 65.1 Å². The van der Waals surface area contributed by atoms with Crippen molar-refractivity contribution in [2.75, 3.05) is 13.1 Å². The molecule has 0 bridgehead atoms. The van der Waals surface area contributed by atoms with Crippen LogP contribution in [0.3, 0.4) is 0 Å². The van der Waals surface area contributed by atoms with Crippen LogP contribution in [-0.2, 0) is 0 Å². The van der Waals surface area contributed by atoms with Gasteiger partial charge in [-0.05, 0) is 40.0 Å². The quantitative estimate of drug-likeness (QED) is 0.516. The second-order valence-corrected chi connectivity index (χ2v) is 5.74. The SMILES string of the molecule is CCC(N)C(=N)NC1(C)CCN(C(C)C)CC1. The predicted octanol–water partition coefficient (Wildman–Crippen LogP) is 1.55. The molecule has 1 aliphatic rings. The Balaban J connectivity index is 2.47. The number of piperidine rings is 1. The summed E-state index contributed by atoms with van der Waals surface area (Å²) in [6, 6.07) is 0.479. The molecule has 4 N–H and O–H groups in total. The lowest BCUT2D eigenvalue weighted by molar-refractivity contribution is 0.130. The summed E-state index contributed by atoms with van der Waals surface area (Å²) in [5, 5.41) is 11.3. The molecule has 1 fully saturated rings. The van der Waals surface area contributed by atoms with E-state index in [4.69, 9.17) is 11.1 Å². The minimum absolute atomic E-state index is 0.0509. The van der Waals surface area contributed by atoms with Gasteiger partial charge in [-0.25, -0.2) is 0 Å². The van der Waals surface area contributed by atoms with Crippen molar-refractivity contribution in [1.29, 1.82) is 5.41 Å². The maximum absolute atomic E-state index is 7.94. The van der Waals surface area contributed by atoms with E-state index < -0.39 is 0 Å². The molecule has 0 aromatic heterocycles. The molecule has 0 amide bonds. The van der Waals surface area contributed by atoms with Crippen LogP contribution in [0.25, 0.3) is 0 Å². The largest absolute Gasteiger partial charge is 0.367 e. The Morgan fingerprint density at radius 2 is 1.94 bits per heavy atom. The zero-order chi connectivity index (χ0) is 13.1. The summed E-state index contributed by atoms with van der Waals surface area (Å²) in [6.07, 6.45) is 2.99. The van der Waals surface area contributed by atoms with Crippen molar-refractivity contribution in [3.05, 3.63) is 0 Å². The van der Waals surface area contributed by atoms with E-state index in [1.807, 2.05) is 6.92 Å². The highest BCUT2D eigenvalue weighted by Gasteiger charge is 2.31. The van der Waals surface area contributed by atoms with E-state index in [0.29, 0.717) is 11.9 Å². The van der Waals surface area contributed by atoms with Crippen LogP contribution in [0.1, 0.15) is 47.0 Å². The van der Waals surface area contributed by atoms with Crippen molar-refractivity contribution in [1.82, 2.24) is 10.2 Å². The van der Waals surface area contributed by atoms with Crippen LogP contribution in [-0.4, -0.2) is 41.4 Å². The fourth-order valence-corrected chi connectivity index (χ4v) is 2.28. The lowest BCUT2D eigenvalue weighted by atomic mass is 9.88. The Hall–Kier alpha value is -0.610. The monoisotopic (exact) mass is 240 g/mol. The third-order valence-corrected chi connectivity index (χ3v) is 3.88. The number of hydrogen-bond acceptors (Lipinski definition) is 3. The molecule has 100 valence electrons. The minimum atomic E-state index is -0.144. The van der Waals surface area contributed by atoms with Crippen molar-refractivity contribution in [2.24, 2.45) is 5.73 Å². The highest BCUT2D eigenvalue weighted by molar-refractivity contribution is 5.84. The van der Waals surface area contributed by atoms with Gasteiger partial charge in [0.2, 0.25) is 0 Å². The van der Waals surface area contributed by atoms with E-state index >= 15 is 0 Å². The molecule has 0 aromatic carbocycles. The first-order chi connectivity index (χ1) is 7.88. The molecule has 4 nitrogen and oxygen atoms in total. The molecule has 0 saturated carbocycles. The van der Waals surface area contributed by atoms with Crippen LogP contribution in [0.2, 0.25) is 0 Å². The van der Waals surface area contributed by atoms with Gasteiger partial charge >= 0.3 is 0 Å². The first-order valence-electron chi connectivity index (χ1n) is 6.74. The summed E-state index contributed by atoms with van der Waals surface area (Å²) in [7, 11) is 0. The van der Waals surface area contributed by atoms with E-state index in [-0.39, 0.29) is 11.6 Å². The molecule has 1 saturated heterocycles. The van der Waals surface area contributed by atoms with Crippen molar-refractivity contribution >= 4 is 5.84 Å². The van der Waals surface area contributed by atoms with Gasteiger partial charge in [-0.15, -0.1) is 0 Å². The Morgan fingerprint density at radius 1 is 1.41 bits per heavy atom. The van der Waals surface area contributed by atoms with Crippen molar-refractivity contribution in [2.45, 2.75) is 64.6 Å². The normalized spacial score (nSPS) is 22.5. The molecular formula is C13H28N4. The van der Waals surface area contributed by atoms with E-state index in [0.717, 1.165) is 32.4 Å². The molecule has 0 spiro atoms. The number of hydrogen-bond donors (Lipinski definition) is 3. The van der Waals surface area contributed by atoms with Crippen LogP contribution in [0.5, 0.6) is 0 Å². The van der Waals surface area contributed by atoms with Crippen LogP contribution in [0.4, 0.5) is 0 Å². The highest BCUT2D eigenvalue weighted by Crippen LogP contribution is 2.23. The van der Waals surface area contributed by atoms with E-state index in [2.05, 4.69) is 31.0 Å². The second-order valence-electron chi connectivity index (χ2n) is 5.74. The smallest absolute Gasteiger partial charge is 0.111 e. The Bertz CT molecular complexity index is 254. The van der Waals surface area contributed by atoms with Gasteiger partial charge in [-0.2, -0.15) is 0 Å². The van der Waals surface area contributed by atoms with Crippen LogP contribution >= 0.6 is 0 Å². The molecule has 0 aliphatic carbocycles. The third-order valence-electron chi connectivity index (χ3n) is 3.88. The maximum Gasteiger partial charge on any atom is 0.111 e. The second kappa shape index (κ2) is 5.83. The minimum Gasteiger partial charge on any atom is -0.367 e. The average molecular weight is 240 g/mol. The van der Waals surface area contributed by atoms with Crippen molar-refractivity contribution < 1.29 is 0 Å². The number of amidine groups is 1. The zero-order valence-electron chi connectivity index (χ0n) is 11.7. The van der Waals surface area contributed by atoms with Gasteiger partial charge < -0.3 is 16.0 Å². The fourth-order valence-electron chi connectivity index (χ4n) is 2.28. The van der Waals surface area contributed by atoms with Gasteiger partial charge in [0.1, 0.15) is 5.84 Å². The summed E-state index contributed by atoms with van der Waals surface area (Å²) in [6.45, 7) is 10.9. The highest BCUT2D eigenvalue weighted by atomic mass is 15.2. The molecule has 1 atom stereocenters. The summed E-state index contributed by atoms with van der Waals surface area (Å²) in [5.74, 6) is 0.494. The number of likely N-dealkylation sites (tertiary alicyclic amines) is 1. The zero-order valence-corrected chi connectivity index (χ0v) is 11.7. The number of nitrogens with zero attached hydrogens (tertiary/aromatic N) is 1. The molecule has 1 heterocycles. The summed E-state index contributed by atoms with van der Waals surface area (Å²) in [4.78, 5) is 2.49. The molecule has 1 rings (SSSR count). The summed E-state index contributed by atoms with van der Waals surface area (Å²) < 4.78 is 0. The first kappa shape index (κ1) is 14.5. The van der Waals surface area contributed by atoms with Gasteiger partial charge in [0.05, 0.1) is 6.04 Å². The number of nitrogens with one attached hydrogen (secondary N) is 2. The van der Waals surface area contributed by atoms with Gasteiger partial charge in [-0.1, -0.05) is 6.92 Å². The first-order valence-corrected chi connectivity index (χ1v) is 6.74. The van der Waals surface area contributed by atoms with E-state index in [1.165, 1.54) is 0 Å². The lowest BCUT2D eigenvalue weighted by Gasteiger charge is -2.42. The van der Waals surface area contributed by atoms with Crippen molar-refractivity contribution in [3.8, 4) is 0 Å². The van der Waals surface area contributed by atoms with Crippen molar-refractivity contribution in [3.63, 3.8) is 0 Å². The fraction of sp³-hybridized carbons (Fsp3) is 0.923. The van der Waals surface area contributed by atoms with Gasteiger partial charge in [0.15, 0.2) is 0 Å².